The summed E-state index contributed by atoms with van der Waals surface area (Å²) in [6.07, 6.45) is 21.7. The van der Waals surface area contributed by atoms with Crippen molar-refractivity contribution in [3.8, 4) is 0 Å². The number of nitrogens with zero attached hydrogens (tertiary/aromatic N) is 1. The highest BCUT2D eigenvalue weighted by atomic mass is 16.1. The maximum Gasteiger partial charge on any atom is 0.137 e. The third kappa shape index (κ3) is 5.70. The highest BCUT2D eigenvalue weighted by Crippen LogP contribution is 2.43. The third-order valence-corrected chi connectivity index (χ3v) is 8.74. The fraction of sp³-hybridized carbons (Fsp3) is 0.562. The predicted molar refractivity (Wildman–Crippen MR) is 141 cm³/mol. The molecular formula is C32H41NO. The molecule has 2 nitrogen and oxygen atoms in total. The van der Waals surface area contributed by atoms with Gasteiger partial charge in [0.05, 0.1) is 5.69 Å². The molecule has 1 heterocycles. The Morgan fingerprint density at radius 2 is 1.91 bits per heavy atom. The third-order valence-electron chi connectivity index (χ3n) is 8.74. The maximum absolute atomic E-state index is 12.8. The SMILES string of the molecule is CC1CCCC(CCC(=O)Cc2cccc(C3CCCC(c4nccc5c4C=CCC5)C3)c2)C1. The van der Waals surface area contributed by atoms with Crippen molar-refractivity contribution in [1.29, 1.82) is 0 Å². The predicted octanol–water partition coefficient (Wildman–Crippen LogP) is 8.20. The second kappa shape index (κ2) is 11.0. The van der Waals surface area contributed by atoms with Crippen molar-refractivity contribution in [2.75, 3.05) is 0 Å². The van der Waals surface area contributed by atoms with E-state index in [0.29, 0.717) is 24.0 Å². The van der Waals surface area contributed by atoms with Gasteiger partial charge in [-0.2, -0.15) is 0 Å². The van der Waals surface area contributed by atoms with Crippen LogP contribution in [0.5, 0.6) is 0 Å². The van der Waals surface area contributed by atoms with Crippen molar-refractivity contribution in [2.45, 2.75) is 102 Å². The van der Waals surface area contributed by atoms with Gasteiger partial charge in [0.1, 0.15) is 5.78 Å². The van der Waals surface area contributed by atoms with Crippen LogP contribution in [-0.4, -0.2) is 10.8 Å². The van der Waals surface area contributed by atoms with E-state index in [1.54, 1.807) is 0 Å². The minimum atomic E-state index is 0.420. The van der Waals surface area contributed by atoms with Gasteiger partial charge in [0.2, 0.25) is 0 Å². The molecule has 5 rings (SSSR count). The average molecular weight is 456 g/mol. The molecule has 0 aliphatic heterocycles. The van der Waals surface area contributed by atoms with E-state index in [0.717, 1.165) is 37.5 Å². The molecule has 2 saturated carbocycles. The number of hydrogen-bond donors (Lipinski definition) is 0. The van der Waals surface area contributed by atoms with E-state index >= 15 is 0 Å². The number of allylic oxidation sites excluding steroid dienone is 1. The fourth-order valence-electron chi connectivity index (χ4n) is 6.91. The number of carbonyl (C=O) groups excluding carboxylic acids is 1. The van der Waals surface area contributed by atoms with Crippen LogP contribution in [0.15, 0.2) is 42.6 Å². The van der Waals surface area contributed by atoms with Gasteiger partial charge in [-0.05, 0) is 91.0 Å². The van der Waals surface area contributed by atoms with Crippen LogP contribution in [-0.2, 0) is 17.6 Å². The molecule has 3 aliphatic rings. The van der Waals surface area contributed by atoms with Crippen LogP contribution < -0.4 is 0 Å². The molecule has 0 saturated heterocycles. The standard InChI is InChI=1S/C32H41NO/c1-23-7-4-8-24(19-23)15-16-30(34)21-25-9-5-11-27(20-25)28-12-6-13-29(22-28)32-31-14-3-2-10-26(31)17-18-33-32/h3,5,9,11,14,17-18,20,23-24,28-29H,2,4,6-8,10,12-13,15-16,19,21-22H2,1H3. The smallest absolute Gasteiger partial charge is 0.137 e. The Morgan fingerprint density at radius 1 is 1.03 bits per heavy atom. The highest BCUT2D eigenvalue weighted by Gasteiger charge is 2.28. The molecule has 0 N–H and O–H groups in total. The number of carbonyl (C=O) groups is 1. The number of aryl methyl sites for hydroxylation is 1. The molecule has 0 bridgehead atoms. The Labute approximate surface area is 206 Å². The van der Waals surface area contributed by atoms with Gasteiger partial charge in [0, 0.05) is 25.0 Å². The Balaban J connectivity index is 1.21. The molecule has 2 fully saturated rings. The van der Waals surface area contributed by atoms with Crippen LogP contribution in [0.4, 0.5) is 0 Å². The van der Waals surface area contributed by atoms with Crippen LogP contribution in [0.3, 0.4) is 0 Å². The Bertz CT molecular complexity index is 1020. The molecule has 1 aromatic carbocycles. The van der Waals surface area contributed by atoms with E-state index in [9.17, 15) is 4.79 Å². The van der Waals surface area contributed by atoms with Gasteiger partial charge in [0.25, 0.3) is 0 Å². The zero-order valence-corrected chi connectivity index (χ0v) is 21.0. The summed E-state index contributed by atoms with van der Waals surface area (Å²) in [6, 6.07) is 11.2. The summed E-state index contributed by atoms with van der Waals surface area (Å²) in [5.74, 6) is 3.15. The lowest BCUT2D eigenvalue weighted by atomic mass is 9.75. The number of pyridine rings is 1. The molecule has 180 valence electrons. The summed E-state index contributed by atoms with van der Waals surface area (Å²) >= 11 is 0. The minimum absolute atomic E-state index is 0.420. The van der Waals surface area contributed by atoms with Gasteiger partial charge in [-0.15, -0.1) is 0 Å². The molecule has 4 atom stereocenters. The lowest BCUT2D eigenvalue weighted by molar-refractivity contribution is -0.118. The fourth-order valence-corrected chi connectivity index (χ4v) is 6.91. The summed E-state index contributed by atoms with van der Waals surface area (Å²) in [5, 5.41) is 0. The second-order valence-electron chi connectivity index (χ2n) is 11.4. The summed E-state index contributed by atoms with van der Waals surface area (Å²) < 4.78 is 0. The van der Waals surface area contributed by atoms with Crippen molar-refractivity contribution in [3.63, 3.8) is 0 Å². The molecule has 0 amide bonds. The first kappa shape index (κ1) is 23.5. The van der Waals surface area contributed by atoms with Crippen molar-refractivity contribution >= 4 is 11.9 Å². The lowest BCUT2D eigenvalue weighted by Gasteiger charge is -2.31. The van der Waals surface area contributed by atoms with Gasteiger partial charge in [-0.25, -0.2) is 0 Å². The Kier molecular flexibility index (Phi) is 7.62. The lowest BCUT2D eigenvalue weighted by Crippen LogP contribution is -2.16. The molecular weight excluding hydrogens is 414 g/mol. The molecule has 0 spiro atoms. The van der Waals surface area contributed by atoms with Crippen molar-refractivity contribution in [3.05, 3.63) is 70.6 Å². The van der Waals surface area contributed by atoms with Crippen LogP contribution >= 0.6 is 0 Å². The van der Waals surface area contributed by atoms with Crippen molar-refractivity contribution < 1.29 is 4.79 Å². The van der Waals surface area contributed by atoms with Crippen LogP contribution in [0, 0.1) is 11.8 Å². The number of rotatable bonds is 7. The van der Waals surface area contributed by atoms with E-state index in [1.165, 1.54) is 79.3 Å². The minimum Gasteiger partial charge on any atom is -0.299 e. The van der Waals surface area contributed by atoms with E-state index < -0.39 is 0 Å². The molecule has 1 aromatic heterocycles. The van der Waals surface area contributed by atoms with Gasteiger partial charge in [0.15, 0.2) is 0 Å². The summed E-state index contributed by atoms with van der Waals surface area (Å²) in [7, 11) is 0. The number of benzene rings is 1. The zero-order chi connectivity index (χ0) is 23.3. The Morgan fingerprint density at radius 3 is 2.82 bits per heavy atom. The average Bonchev–Trinajstić information content (AvgIpc) is 2.87. The van der Waals surface area contributed by atoms with Gasteiger partial charge >= 0.3 is 0 Å². The summed E-state index contributed by atoms with van der Waals surface area (Å²) in [5.41, 5.74) is 6.82. The summed E-state index contributed by atoms with van der Waals surface area (Å²) in [4.78, 5) is 17.7. The van der Waals surface area contributed by atoms with Crippen LogP contribution in [0.2, 0.25) is 0 Å². The van der Waals surface area contributed by atoms with Crippen molar-refractivity contribution in [1.82, 2.24) is 4.98 Å². The molecule has 34 heavy (non-hydrogen) atoms. The summed E-state index contributed by atoms with van der Waals surface area (Å²) in [6.45, 7) is 2.37. The zero-order valence-electron chi connectivity index (χ0n) is 21.0. The highest BCUT2D eigenvalue weighted by molar-refractivity contribution is 5.80. The number of hydrogen-bond acceptors (Lipinski definition) is 2. The maximum atomic E-state index is 12.8. The van der Waals surface area contributed by atoms with E-state index in [2.05, 4.69) is 49.4 Å². The first-order valence-electron chi connectivity index (χ1n) is 13.9. The molecule has 2 heteroatoms. The second-order valence-corrected chi connectivity index (χ2v) is 11.4. The molecule has 3 aliphatic carbocycles. The van der Waals surface area contributed by atoms with E-state index in [4.69, 9.17) is 4.98 Å². The first-order chi connectivity index (χ1) is 16.7. The van der Waals surface area contributed by atoms with E-state index in [-0.39, 0.29) is 0 Å². The van der Waals surface area contributed by atoms with Crippen LogP contribution in [0.25, 0.3) is 6.08 Å². The number of aromatic nitrogens is 1. The molecule has 4 unspecified atom stereocenters. The number of Topliss-reactive ketones (excluding diaryl/α,β-unsaturated/α-hetero) is 1. The number of fused-ring (bicyclic) bond motifs is 1. The Hall–Kier alpha value is -2.22. The monoisotopic (exact) mass is 455 g/mol. The van der Waals surface area contributed by atoms with Gasteiger partial charge in [-0.1, -0.05) is 69.0 Å². The topological polar surface area (TPSA) is 30.0 Å². The van der Waals surface area contributed by atoms with Gasteiger partial charge in [-0.3, -0.25) is 9.78 Å². The quantitative estimate of drug-likeness (QED) is 0.421. The molecule has 0 radical (unpaired) electrons. The van der Waals surface area contributed by atoms with Crippen LogP contribution in [0.1, 0.15) is 117 Å². The van der Waals surface area contributed by atoms with Crippen molar-refractivity contribution in [2.24, 2.45) is 11.8 Å². The normalized spacial score (nSPS) is 26.7. The number of ketones is 1. The van der Waals surface area contributed by atoms with E-state index in [1.807, 2.05) is 6.20 Å². The first-order valence-corrected chi connectivity index (χ1v) is 13.9. The van der Waals surface area contributed by atoms with Gasteiger partial charge < -0.3 is 0 Å². The molecule has 2 aromatic rings. The largest absolute Gasteiger partial charge is 0.299 e.